The van der Waals surface area contributed by atoms with Crippen molar-refractivity contribution in [2.75, 3.05) is 126 Å². The Kier molecular flexibility index (Phi) is 43.1. The van der Waals surface area contributed by atoms with Crippen LogP contribution >= 0.6 is 0 Å². The van der Waals surface area contributed by atoms with Crippen molar-refractivity contribution in [3.63, 3.8) is 0 Å². The average Bonchev–Trinajstić information content (AvgIpc) is 1.13. The number of esters is 3. The third kappa shape index (κ3) is 30.2. The molecular weight excluding hydrogens is 1520 g/mol. The summed E-state index contributed by atoms with van der Waals surface area (Å²) >= 11 is 0. The maximum atomic E-state index is 13.4. The Labute approximate surface area is 674 Å². The van der Waals surface area contributed by atoms with Crippen LogP contribution in [0.4, 0.5) is 4.79 Å². The van der Waals surface area contributed by atoms with Crippen LogP contribution in [-0.4, -0.2) is 338 Å². The van der Waals surface area contributed by atoms with E-state index in [1.165, 1.54) is 7.11 Å². The summed E-state index contributed by atoms with van der Waals surface area (Å²) in [6.07, 6.45) is -25.9. The van der Waals surface area contributed by atoms with Gasteiger partial charge in [0.25, 0.3) is 5.91 Å². The fraction of sp³-hybridized carbons (Fsp3) is 0.831. The zero-order valence-electron chi connectivity index (χ0n) is 64.1. The number of azide groups is 1. The van der Waals surface area contributed by atoms with Gasteiger partial charge in [-0.1, -0.05) is 5.11 Å². The number of hydrogen-bond donors (Lipinski definition) is 12. The SMILES string of the molecule is COC1OC(CO)C(O)C(OC2OC(C(=O)[O-])C(OC3OC(CO)C(O)C(OC4OC(C(=O)NCCOCCOCCOCCN=[N+]=[N-])C(OC)C(O)C4O)C3NC(C)=O)C(O)C2O)C1NC(C)=O.O=C(CCCC(=O)OCC1[C@H]2CCC#CCC[C@@H]12)OCCOCCOC(=O)CCNC(=O)OCC1[C@H]2CCC#CCC[C@@H]12.[Na+]. The van der Waals surface area contributed by atoms with Crippen LogP contribution in [0.25, 0.3) is 10.4 Å². The van der Waals surface area contributed by atoms with E-state index in [4.69, 9.17) is 86.1 Å². The van der Waals surface area contributed by atoms with E-state index in [1.807, 2.05) is 0 Å². The van der Waals surface area contributed by atoms with Crippen LogP contribution in [0.1, 0.15) is 90.9 Å². The summed E-state index contributed by atoms with van der Waals surface area (Å²) in [5, 5.41) is 113. The normalized spacial score (nSPS) is 33.3. The predicted octanol–water partition coefficient (Wildman–Crippen LogP) is -8.11. The van der Waals surface area contributed by atoms with E-state index in [2.05, 4.69) is 55.0 Å². The summed E-state index contributed by atoms with van der Waals surface area (Å²) in [6.45, 7) is 2.96. The van der Waals surface area contributed by atoms with Crippen molar-refractivity contribution < 1.29 is 194 Å². The predicted molar refractivity (Wildman–Crippen MR) is 372 cm³/mol. The zero-order chi connectivity index (χ0) is 81.2. The van der Waals surface area contributed by atoms with Gasteiger partial charge in [-0.05, 0) is 73.1 Å². The first-order chi connectivity index (χ1) is 54.0. The van der Waals surface area contributed by atoms with Crippen molar-refractivity contribution in [1.29, 1.82) is 0 Å². The van der Waals surface area contributed by atoms with E-state index in [1.54, 1.807) is 0 Å². The number of carbonyl (C=O) groups excluding carboxylic acids is 8. The van der Waals surface area contributed by atoms with Gasteiger partial charge in [0, 0.05) is 91.1 Å². The number of aliphatic carboxylic acids is 1. The minimum atomic E-state index is -2.38. The van der Waals surface area contributed by atoms with Gasteiger partial charge < -0.3 is 153 Å². The van der Waals surface area contributed by atoms with E-state index in [0.29, 0.717) is 55.1 Å². The number of nitrogens with one attached hydrogen (secondary N) is 4. The molecule has 0 aromatic carbocycles. The maximum absolute atomic E-state index is 13.4. The molecular formula is C71H108N7NaO34. The number of hydrogen-bond acceptors (Lipinski definition) is 35. The number of ether oxygens (including phenoxy) is 17. The number of fused-ring (bicyclic) bond motifs is 2. The number of carboxylic acid groups (broad SMARTS) is 1. The molecule has 0 spiro atoms. The summed E-state index contributed by atoms with van der Waals surface area (Å²) in [7, 11) is 2.29. The molecule has 4 saturated heterocycles. The molecule has 4 aliphatic heterocycles. The van der Waals surface area contributed by atoms with Crippen LogP contribution in [-0.2, 0) is 114 Å². The molecule has 26 atom stereocenters. The molecule has 4 aliphatic carbocycles. The van der Waals surface area contributed by atoms with Gasteiger partial charge in [0.1, 0.15) is 105 Å². The number of methoxy groups -OCH3 is 2. The van der Waals surface area contributed by atoms with E-state index >= 15 is 0 Å². The fourth-order valence-corrected chi connectivity index (χ4v) is 14.1. The number of rotatable bonds is 43. The minimum Gasteiger partial charge on any atom is -0.547 e. The summed E-state index contributed by atoms with van der Waals surface area (Å²) < 4.78 is 92.8. The number of amides is 4. The van der Waals surface area contributed by atoms with Gasteiger partial charge in [0.2, 0.25) is 11.8 Å². The van der Waals surface area contributed by atoms with Crippen LogP contribution in [0.15, 0.2) is 5.11 Å². The van der Waals surface area contributed by atoms with Crippen LogP contribution < -0.4 is 55.9 Å². The topological polar surface area (TPSA) is 575 Å². The molecule has 0 bridgehead atoms. The van der Waals surface area contributed by atoms with Crippen molar-refractivity contribution in [2.45, 2.75) is 214 Å². The number of aliphatic hydroxyl groups is 8. The first-order valence-electron chi connectivity index (χ1n) is 37.5. The Balaban J connectivity index is 0.000000387. The minimum absolute atomic E-state index is 0. The third-order valence-electron chi connectivity index (χ3n) is 20.0. The molecule has 12 N–H and O–H groups in total. The van der Waals surface area contributed by atoms with Gasteiger partial charge in [0.15, 0.2) is 31.3 Å². The Morgan fingerprint density at radius 3 is 1.40 bits per heavy atom. The summed E-state index contributed by atoms with van der Waals surface area (Å²) in [6, 6.07) is -3.14. The first-order valence-corrected chi connectivity index (χ1v) is 37.5. The molecule has 22 unspecified atom stereocenters. The average molecular weight is 1630 g/mol. The largest absolute Gasteiger partial charge is 1.00 e. The van der Waals surface area contributed by atoms with E-state index in [0.717, 1.165) is 72.3 Å². The standard InChI is InChI=1S/C38H64N6O25.C33H45NO9.Na/c1-15(47)42-19-27(21(49)17(13-45)63-35(19)59-4)65-38-26(54)24(52)30(32(69-38)34(56)57)67-36-20(43-16(2)48)28(22(50)18(14-46)64-36)66-37-25(53)23(51)29(58-3)31(68-37)33(55)40-5-7-60-9-11-62-12-10-61-8-6-41-44-39;35-30(14-9-15-31(36)42-22-28-24-10-5-1-2-6-11-25(24)28)40-20-18-39-19-21-41-32(37)16-17-34-33(38)43-23-29-26-12-7-3-4-8-13-27(26)29;/h17-32,35-38,45-46,49-54H,5-14H2,1-4H3,(H,40,55)(H,42,47)(H,43,48)(H,56,57);24-29H,5-23H2,(H,34,38);/q;;+1/p-1/t;24-,25+,26-,27+,28?,29?;. The molecule has 8 rings (SSSR count). The van der Waals surface area contributed by atoms with Crippen LogP contribution in [0.3, 0.4) is 0 Å². The molecule has 6 fully saturated rings. The number of aliphatic hydroxyl groups excluding tert-OH is 8. The van der Waals surface area contributed by atoms with E-state index < -0.39 is 178 Å². The molecule has 42 heteroatoms. The number of carbonyl (C=O) groups is 8. The number of alkyl carbamates (subject to hydrolysis) is 1. The Hall–Kier alpha value is -5.85. The molecule has 0 aromatic rings. The molecule has 632 valence electrons. The van der Waals surface area contributed by atoms with E-state index in [-0.39, 0.29) is 140 Å². The van der Waals surface area contributed by atoms with Crippen LogP contribution in [0, 0.1) is 59.2 Å². The molecule has 0 radical (unpaired) electrons. The van der Waals surface area contributed by atoms with Crippen LogP contribution in [0.2, 0.25) is 0 Å². The molecule has 2 saturated carbocycles. The second-order valence-corrected chi connectivity index (χ2v) is 27.5. The fourth-order valence-electron chi connectivity index (χ4n) is 14.1. The smallest absolute Gasteiger partial charge is 0.547 e. The van der Waals surface area contributed by atoms with Crippen molar-refractivity contribution in [3.8, 4) is 23.7 Å². The zero-order valence-corrected chi connectivity index (χ0v) is 66.1. The first kappa shape index (κ1) is 96.0. The monoisotopic (exact) mass is 1630 g/mol. The van der Waals surface area contributed by atoms with E-state index in [9.17, 15) is 84.3 Å². The third-order valence-corrected chi connectivity index (χ3v) is 20.0. The maximum Gasteiger partial charge on any atom is 1.00 e. The van der Waals surface area contributed by atoms with Crippen molar-refractivity contribution in [1.82, 2.24) is 21.3 Å². The van der Waals surface area contributed by atoms with Crippen LogP contribution in [0.5, 0.6) is 0 Å². The number of nitrogens with zero attached hydrogens (tertiary/aromatic N) is 3. The van der Waals surface area contributed by atoms with Gasteiger partial charge >= 0.3 is 53.6 Å². The van der Waals surface area contributed by atoms with Gasteiger partial charge in [-0.25, -0.2) is 4.79 Å². The Morgan fingerprint density at radius 1 is 0.487 bits per heavy atom. The Bertz CT molecular complexity index is 3040. The number of carboxylic acids is 1. The molecule has 8 aliphatic rings. The second kappa shape index (κ2) is 50.7. The van der Waals surface area contributed by atoms with Crippen molar-refractivity contribution in [2.24, 2.45) is 40.6 Å². The molecule has 113 heavy (non-hydrogen) atoms. The summed E-state index contributed by atoms with van der Waals surface area (Å²) in [5.41, 5.74) is 8.26. The van der Waals surface area contributed by atoms with Crippen molar-refractivity contribution >= 4 is 47.7 Å². The molecule has 41 nitrogen and oxygen atoms in total. The van der Waals surface area contributed by atoms with Gasteiger partial charge in [-0.3, -0.25) is 28.8 Å². The van der Waals surface area contributed by atoms with Gasteiger partial charge in [-0.2, -0.15) is 0 Å². The second-order valence-electron chi connectivity index (χ2n) is 27.5. The summed E-state index contributed by atoms with van der Waals surface area (Å²) in [4.78, 5) is 101. The molecule has 4 amide bonds. The molecule has 4 heterocycles. The van der Waals surface area contributed by atoms with Gasteiger partial charge in [-0.15, -0.1) is 23.7 Å². The summed E-state index contributed by atoms with van der Waals surface area (Å²) in [5.74, 6) is 10.5. The quantitative estimate of drug-likeness (QED) is 0.00394. The van der Waals surface area contributed by atoms with Crippen molar-refractivity contribution in [3.05, 3.63) is 10.4 Å². The Morgan fingerprint density at radius 2 is 0.920 bits per heavy atom. The van der Waals surface area contributed by atoms with Gasteiger partial charge in [0.05, 0.1) is 91.7 Å². The molecule has 0 aromatic heterocycles.